The van der Waals surface area contributed by atoms with Crippen molar-refractivity contribution in [1.82, 2.24) is 9.80 Å². The molecule has 5 heteroatoms. The van der Waals surface area contributed by atoms with E-state index in [-0.39, 0.29) is 11.0 Å². The van der Waals surface area contributed by atoms with E-state index in [0.717, 1.165) is 45.2 Å². The van der Waals surface area contributed by atoms with Gasteiger partial charge in [0.2, 0.25) is 5.91 Å². The van der Waals surface area contributed by atoms with Gasteiger partial charge in [-0.15, -0.1) is 22.7 Å². The standard InChI is InChI=1S/C20H26N2OS2/c1-21(2)20(17-6-4-12-25-17)9-7-19(8-10-20)13-18(23)22(15-19)14-16-5-3-11-24-16/h3-6,11-12H,7-10,13-15H2,1-2H3. The van der Waals surface area contributed by atoms with Crippen LogP contribution in [0.5, 0.6) is 0 Å². The van der Waals surface area contributed by atoms with E-state index in [1.807, 2.05) is 11.3 Å². The predicted molar refractivity (Wildman–Crippen MR) is 105 cm³/mol. The topological polar surface area (TPSA) is 23.6 Å². The maximum atomic E-state index is 12.6. The molecule has 2 fully saturated rings. The smallest absolute Gasteiger partial charge is 0.223 e. The van der Waals surface area contributed by atoms with Gasteiger partial charge < -0.3 is 4.90 Å². The van der Waals surface area contributed by atoms with Gasteiger partial charge in [0.05, 0.1) is 12.1 Å². The Labute approximate surface area is 158 Å². The van der Waals surface area contributed by atoms with Crippen LogP contribution in [0.4, 0.5) is 0 Å². The zero-order valence-corrected chi connectivity index (χ0v) is 16.7. The van der Waals surface area contributed by atoms with E-state index in [1.54, 1.807) is 11.3 Å². The Morgan fingerprint density at radius 1 is 1.08 bits per heavy atom. The summed E-state index contributed by atoms with van der Waals surface area (Å²) in [5, 5.41) is 4.28. The normalized spacial score (nSPS) is 29.9. The second kappa shape index (κ2) is 6.53. The van der Waals surface area contributed by atoms with Crippen molar-refractivity contribution in [3.63, 3.8) is 0 Å². The molecule has 1 spiro atoms. The molecule has 0 atom stereocenters. The van der Waals surface area contributed by atoms with Crippen LogP contribution >= 0.6 is 22.7 Å². The van der Waals surface area contributed by atoms with E-state index in [9.17, 15) is 4.79 Å². The van der Waals surface area contributed by atoms with Crippen molar-refractivity contribution in [3.05, 3.63) is 44.8 Å². The van der Waals surface area contributed by atoms with Crippen LogP contribution < -0.4 is 0 Å². The third kappa shape index (κ3) is 3.07. The number of carbonyl (C=O) groups excluding carboxylic acids is 1. The number of amides is 1. The Morgan fingerprint density at radius 2 is 1.80 bits per heavy atom. The lowest BCUT2D eigenvalue weighted by atomic mass is 9.66. The van der Waals surface area contributed by atoms with E-state index in [1.165, 1.54) is 9.75 Å². The van der Waals surface area contributed by atoms with Crippen LogP contribution in [0.15, 0.2) is 35.0 Å². The lowest BCUT2D eigenvalue weighted by Crippen LogP contribution is -2.47. The molecule has 2 aromatic heterocycles. The van der Waals surface area contributed by atoms with Crippen molar-refractivity contribution in [2.75, 3.05) is 20.6 Å². The maximum absolute atomic E-state index is 12.6. The van der Waals surface area contributed by atoms with Crippen molar-refractivity contribution in [2.45, 2.75) is 44.2 Å². The third-order valence-electron chi connectivity index (χ3n) is 6.31. The fourth-order valence-electron chi connectivity index (χ4n) is 4.70. The molecule has 3 heterocycles. The zero-order chi connectivity index (χ0) is 17.5. The highest BCUT2D eigenvalue weighted by Crippen LogP contribution is 2.53. The van der Waals surface area contributed by atoms with Crippen LogP contribution in [-0.2, 0) is 16.9 Å². The van der Waals surface area contributed by atoms with Crippen LogP contribution in [-0.4, -0.2) is 36.3 Å². The minimum atomic E-state index is 0.156. The Balaban J connectivity index is 1.48. The molecule has 0 bridgehead atoms. The fourth-order valence-corrected chi connectivity index (χ4v) is 6.49. The SMILES string of the molecule is CN(C)C1(c2cccs2)CCC2(CC1)CC(=O)N(Cc1cccs1)C2. The molecule has 0 N–H and O–H groups in total. The van der Waals surface area contributed by atoms with Crippen LogP contribution in [0.2, 0.25) is 0 Å². The molecular formula is C20H26N2OS2. The maximum Gasteiger partial charge on any atom is 0.223 e. The Morgan fingerprint density at radius 3 is 2.40 bits per heavy atom. The van der Waals surface area contributed by atoms with E-state index in [0.29, 0.717) is 5.91 Å². The molecule has 4 rings (SSSR count). The number of rotatable bonds is 4. The van der Waals surface area contributed by atoms with Gasteiger partial charge in [0.1, 0.15) is 0 Å². The molecule has 1 aliphatic carbocycles. The molecule has 1 amide bonds. The van der Waals surface area contributed by atoms with E-state index >= 15 is 0 Å². The Bertz CT molecular complexity index is 713. The number of carbonyl (C=O) groups is 1. The highest BCUT2D eigenvalue weighted by atomic mass is 32.1. The summed E-state index contributed by atoms with van der Waals surface area (Å²) in [5.41, 5.74) is 0.356. The zero-order valence-electron chi connectivity index (χ0n) is 15.0. The summed E-state index contributed by atoms with van der Waals surface area (Å²) in [7, 11) is 4.42. The fraction of sp³-hybridized carbons (Fsp3) is 0.550. The van der Waals surface area contributed by atoms with E-state index in [2.05, 4.69) is 58.9 Å². The van der Waals surface area contributed by atoms with Gasteiger partial charge in [-0.25, -0.2) is 0 Å². The molecular weight excluding hydrogens is 348 g/mol. The largest absolute Gasteiger partial charge is 0.337 e. The first kappa shape index (κ1) is 17.3. The Kier molecular flexibility index (Phi) is 4.50. The lowest BCUT2D eigenvalue weighted by Gasteiger charge is -2.48. The highest BCUT2D eigenvalue weighted by Gasteiger charge is 2.50. The summed E-state index contributed by atoms with van der Waals surface area (Å²) in [6.07, 6.45) is 5.35. The van der Waals surface area contributed by atoms with Gasteiger partial charge in [0.25, 0.3) is 0 Å². The molecule has 2 aromatic rings. The summed E-state index contributed by atoms with van der Waals surface area (Å²) in [6, 6.07) is 8.66. The predicted octanol–water partition coefficient (Wildman–Crippen LogP) is 4.56. The quantitative estimate of drug-likeness (QED) is 0.783. The van der Waals surface area contributed by atoms with Crippen molar-refractivity contribution in [2.24, 2.45) is 5.41 Å². The van der Waals surface area contributed by atoms with Crippen molar-refractivity contribution < 1.29 is 4.79 Å². The molecule has 134 valence electrons. The van der Waals surface area contributed by atoms with Gasteiger partial charge in [-0.1, -0.05) is 12.1 Å². The Hall–Kier alpha value is -1.17. The molecule has 1 aliphatic heterocycles. The first-order valence-electron chi connectivity index (χ1n) is 9.05. The molecule has 2 aliphatic rings. The van der Waals surface area contributed by atoms with E-state index in [4.69, 9.17) is 0 Å². The van der Waals surface area contributed by atoms with E-state index < -0.39 is 0 Å². The molecule has 25 heavy (non-hydrogen) atoms. The van der Waals surface area contributed by atoms with Gasteiger partial charge >= 0.3 is 0 Å². The number of hydrogen-bond acceptors (Lipinski definition) is 4. The number of nitrogens with zero attached hydrogens (tertiary/aromatic N) is 2. The molecule has 0 unspecified atom stereocenters. The summed E-state index contributed by atoms with van der Waals surface area (Å²) in [6.45, 7) is 1.74. The number of likely N-dealkylation sites (tertiary alicyclic amines) is 1. The number of hydrogen-bond donors (Lipinski definition) is 0. The first-order chi connectivity index (χ1) is 12.0. The van der Waals surface area contributed by atoms with Gasteiger partial charge in [-0.05, 0) is 68.1 Å². The average molecular weight is 375 g/mol. The van der Waals surface area contributed by atoms with Gasteiger partial charge in [0.15, 0.2) is 0 Å². The first-order valence-corrected chi connectivity index (χ1v) is 10.8. The van der Waals surface area contributed by atoms with Gasteiger partial charge in [-0.2, -0.15) is 0 Å². The summed E-state index contributed by atoms with van der Waals surface area (Å²) >= 11 is 3.62. The monoisotopic (exact) mass is 374 g/mol. The van der Waals surface area contributed by atoms with Gasteiger partial charge in [0, 0.05) is 22.7 Å². The number of thiophene rings is 2. The van der Waals surface area contributed by atoms with Gasteiger partial charge in [-0.3, -0.25) is 9.69 Å². The van der Waals surface area contributed by atoms with Crippen LogP contribution in [0.25, 0.3) is 0 Å². The van der Waals surface area contributed by atoms with Crippen molar-refractivity contribution in [1.29, 1.82) is 0 Å². The minimum absolute atomic E-state index is 0.156. The summed E-state index contributed by atoms with van der Waals surface area (Å²) in [4.78, 5) is 19.9. The van der Waals surface area contributed by atoms with Crippen molar-refractivity contribution >= 4 is 28.6 Å². The molecule has 1 saturated heterocycles. The van der Waals surface area contributed by atoms with Crippen LogP contribution in [0.3, 0.4) is 0 Å². The average Bonchev–Trinajstić information content (AvgIpc) is 3.32. The third-order valence-corrected chi connectivity index (χ3v) is 8.23. The minimum Gasteiger partial charge on any atom is -0.337 e. The van der Waals surface area contributed by atoms with Crippen LogP contribution in [0, 0.1) is 5.41 Å². The highest BCUT2D eigenvalue weighted by molar-refractivity contribution is 7.10. The molecule has 0 aromatic carbocycles. The summed E-state index contributed by atoms with van der Waals surface area (Å²) in [5.74, 6) is 0.349. The van der Waals surface area contributed by atoms with Crippen molar-refractivity contribution in [3.8, 4) is 0 Å². The van der Waals surface area contributed by atoms with Crippen LogP contribution in [0.1, 0.15) is 41.9 Å². The lowest BCUT2D eigenvalue weighted by molar-refractivity contribution is -0.128. The molecule has 3 nitrogen and oxygen atoms in total. The second-order valence-corrected chi connectivity index (χ2v) is 9.89. The molecule has 0 radical (unpaired) electrons. The summed E-state index contributed by atoms with van der Waals surface area (Å²) < 4.78 is 0. The molecule has 1 saturated carbocycles. The second-order valence-electron chi connectivity index (χ2n) is 7.91.